The first-order chi connectivity index (χ1) is 9.81. The Morgan fingerprint density at radius 3 is 2.60 bits per heavy atom. The normalized spacial score (nSPS) is 18.4. The van der Waals surface area contributed by atoms with Gasteiger partial charge in [0.25, 0.3) is 0 Å². The van der Waals surface area contributed by atoms with Gasteiger partial charge in [-0.15, -0.1) is 0 Å². The highest BCUT2D eigenvalue weighted by Crippen LogP contribution is 2.44. The van der Waals surface area contributed by atoms with E-state index in [1.54, 1.807) is 11.0 Å². The highest BCUT2D eigenvalue weighted by atomic mass is 16.2. The molecule has 0 saturated heterocycles. The number of nitrogens with one attached hydrogen (secondary N) is 2. The molecule has 1 aromatic carbocycles. The number of rotatable bonds is 4. The van der Waals surface area contributed by atoms with E-state index in [1.165, 1.54) is 25.7 Å². The zero-order valence-electron chi connectivity index (χ0n) is 11.2. The van der Waals surface area contributed by atoms with Gasteiger partial charge >= 0.3 is 6.03 Å². The second-order valence-corrected chi connectivity index (χ2v) is 5.89. The number of nitrogens with zero attached hydrogens (tertiary/aromatic N) is 2. The van der Waals surface area contributed by atoms with Crippen molar-refractivity contribution in [3.8, 4) is 0 Å². The van der Waals surface area contributed by atoms with Crippen molar-refractivity contribution in [3.05, 3.63) is 30.6 Å². The summed E-state index contributed by atoms with van der Waals surface area (Å²) in [4.78, 5) is 16.4. The van der Waals surface area contributed by atoms with Crippen molar-refractivity contribution in [2.45, 2.75) is 31.7 Å². The molecule has 4 rings (SSSR count). The Morgan fingerprint density at radius 2 is 1.90 bits per heavy atom. The predicted molar refractivity (Wildman–Crippen MR) is 76.9 cm³/mol. The molecule has 5 nitrogen and oxygen atoms in total. The van der Waals surface area contributed by atoms with Gasteiger partial charge in [-0.2, -0.15) is 0 Å². The standard InChI is InChI=1S/C15H18N4O/c20-15(17-14(10-5-6-10)11-7-8-11)18-19-9-16-12-3-1-2-4-13(12)19/h1-4,9-11,14H,5-8H2,(H2,17,18,20). The molecule has 2 saturated carbocycles. The number of fused-ring (bicyclic) bond motifs is 1. The van der Waals surface area contributed by atoms with Crippen LogP contribution in [0.3, 0.4) is 0 Å². The summed E-state index contributed by atoms with van der Waals surface area (Å²) >= 11 is 0. The summed E-state index contributed by atoms with van der Waals surface area (Å²) in [6.07, 6.45) is 6.68. The Labute approximate surface area is 117 Å². The first kappa shape index (κ1) is 11.8. The summed E-state index contributed by atoms with van der Waals surface area (Å²) in [6.45, 7) is 0. The first-order valence-electron chi connectivity index (χ1n) is 7.31. The van der Waals surface area contributed by atoms with Crippen molar-refractivity contribution in [2.75, 3.05) is 5.43 Å². The second kappa shape index (κ2) is 4.51. The van der Waals surface area contributed by atoms with Gasteiger partial charge in [0, 0.05) is 6.04 Å². The number of hydrogen-bond donors (Lipinski definition) is 2. The lowest BCUT2D eigenvalue weighted by Crippen LogP contribution is -2.43. The molecule has 2 N–H and O–H groups in total. The van der Waals surface area contributed by atoms with Gasteiger partial charge in [-0.05, 0) is 49.7 Å². The smallest absolute Gasteiger partial charge is 0.333 e. The van der Waals surface area contributed by atoms with Crippen LogP contribution in [-0.2, 0) is 0 Å². The van der Waals surface area contributed by atoms with Crippen molar-refractivity contribution in [1.29, 1.82) is 0 Å². The molecule has 1 aromatic heterocycles. The molecule has 2 aliphatic carbocycles. The van der Waals surface area contributed by atoms with Gasteiger partial charge in [-0.25, -0.2) is 19.9 Å². The van der Waals surface area contributed by atoms with E-state index in [0.29, 0.717) is 17.9 Å². The van der Waals surface area contributed by atoms with Crippen molar-refractivity contribution in [2.24, 2.45) is 11.8 Å². The maximum atomic E-state index is 12.2. The number of carbonyl (C=O) groups excluding carboxylic acids is 1. The lowest BCUT2D eigenvalue weighted by atomic mass is 10.1. The lowest BCUT2D eigenvalue weighted by Gasteiger charge is -2.18. The molecule has 20 heavy (non-hydrogen) atoms. The molecular weight excluding hydrogens is 252 g/mol. The fourth-order valence-electron chi connectivity index (χ4n) is 2.87. The highest BCUT2D eigenvalue weighted by Gasteiger charge is 2.42. The van der Waals surface area contributed by atoms with Gasteiger partial charge in [0.15, 0.2) is 0 Å². The van der Waals surface area contributed by atoms with Crippen LogP contribution in [-0.4, -0.2) is 21.7 Å². The topological polar surface area (TPSA) is 59.0 Å². The maximum Gasteiger partial charge on any atom is 0.334 e. The Balaban J connectivity index is 1.46. The average molecular weight is 270 g/mol. The number of para-hydroxylation sites is 2. The van der Waals surface area contributed by atoms with Gasteiger partial charge in [0.1, 0.15) is 6.33 Å². The molecule has 2 aromatic rings. The molecule has 0 spiro atoms. The molecule has 2 amide bonds. The van der Waals surface area contributed by atoms with Crippen LogP contribution >= 0.6 is 0 Å². The molecule has 0 atom stereocenters. The molecule has 0 aliphatic heterocycles. The molecule has 0 radical (unpaired) electrons. The fourth-order valence-corrected chi connectivity index (χ4v) is 2.87. The minimum atomic E-state index is -0.128. The van der Waals surface area contributed by atoms with E-state index in [-0.39, 0.29) is 6.03 Å². The number of aromatic nitrogens is 2. The largest absolute Gasteiger partial charge is 0.334 e. The number of hydrogen-bond acceptors (Lipinski definition) is 2. The third kappa shape index (κ3) is 2.24. The lowest BCUT2D eigenvalue weighted by molar-refractivity contribution is 0.242. The van der Waals surface area contributed by atoms with Crippen LogP contribution in [0.5, 0.6) is 0 Å². The molecule has 1 heterocycles. The summed E-state index contributed by atoms with van der Waals surface area (Å²) in [5, 5.41) is 3.15. The van der Waals surface area contributed by atoms with Crippen molar-refractivity contribution >= 4 is 17.1 Å². The highest BCUT2D eigenvalue weighted by molar-refractivity contribution is 5.85. The zero-order chi connectivity index (χ0) is 13.5. The third-order valence-electron chi connectivity index (χ3n) is 4.23. The second-order valence-electron chi connectivity index (χ2n) is 5.89. The number of amides is 2. The third-order valence-corrected chi connectivity index (χ3v) is 4.23. The van der Waals surface area contributed by atoms with E-state index in [0.717, 1.165) is 11.0 Å². The van der Waals surface area contributed by atoms with E-state index >= 15 is 0 Å². The summed E-state index contributed by atoms with van der Waals surface area (Å²) < 4.78 is 1.68. The van der Waals surface area contributed by atoms with Gasteiger partial charge < -0.3 is 5.32 Å². The Morgan fingerprint density at radius 1 is 1.20 bits per heavy atom. The first-order valence-corrected chi connectivity index (χ1v) is 7.31. The van der Waals surface area contributed by atoms with E-state index in [1.807, 2.05) is 24.3 Å². The van der Waals surface area contributed by atoms with Crippen LogP contribution in [0.15, 0.2) is 30.6 Å². The molecule has 2 aliphatic rings. The minimum absolute atomic E-state index is 0.128. The van der Waals surface area contributed by atoms with Gasteiger partial charge in [-0.1, -0.05) is 12.1 Å². The van der Waals surface area contributed by atoms with Gasteiger partial charge in [0.2, 0.25) is 0 Å². The summed E-state index contributed by atoms with van der Waals surface area (Å²) in [7, 11) is 0. The van der Waals surface area contributed by atoms with Crippen LogP contribution in [0.4, 0.5) is 4.79 Å². The average Bonchev–Trinajstić information content (AvgIpc) is 3.35. The molecule has 5 heteroatoms. The van der Waals surface area contributed by atoms with E-state index in [2.05, 4.69) is 15.7 Å². The summed E-state index contributed by atoms with van der Waals surface area (Å²) in [6, 6.07) is 8.00. The van der Waals surface area contributed by atoms with Crippen LogP contribution in [0.1, 0.15) is 25.7 Å². The van der Waals surface area contributed by atoms with E-state index in [4.69, 9.17) is 0 Å². The molecule has 104 valence electrons. The minimum Gasteiger partial charge on any atom is -0.333 e. The quantitative estimate of drug-likeness (QED) is 0.896. The van der Waals surface area contributed by atoms with E-state index < -0.39 is 0 Å². The van der Waals surface area contributed by atoms with Crippen LogP contribution < -0.4 is 10.7 Å². The zero-order valence-corrected chi connectivity index (χ0v) is 11.2. The summed E-state index contributed by atoms with van der Waals surface area (Å²) in [5.74, 6) is 1.40. The van der Waals surface area contributed by atoms with E-state index in [9.17, 15) is 4.79 Å². The molecule has 2 fully saturated rings. The SMILES string of the molecule is O=C(NC(C1CC1)C1CC1)Nn1cnc2ccccc21. The number of imidazole rings is 1. The molecular formula is C15H18N4O. The van der Waals surface area contributed by atoms with Crippen LogP contribution in [0.2, 0.25) is 0 Å². The van der Waals surface area contributed by atoms with Crippen LogP contribution in [0, 0.1) is 11.8 Å². The summed E-state index contributed by atoms with van der Waals surface area (Å²) in [5.41, 5.74) is 4.66. The molecule has 0 unspecified atom stereocenters. The Kier molecular flexibility index (Phi) is 2.65. The monoisotopic (exact) mass is 270 g/mol. The van der Waals surface area contributed by atoms with Crippen molar-refractivity contribution in [3.63, 3.8) is 0 Å². The van der Waals surface area contributed by atoms with Gasteiger partial charge in [-0.3, -0.25) is 0 Å². The predicted octanol–water partition coefficient (Wildman–Crippen LogP) is 2.48. The molecule has 0 bridgehead atoms. The Bertz CT molecular complexity index is 630. The van der Waals surface area contributed by atoms with Crippen molar-refractivity contribution in [1.82, 2.24) is 15.0 Å². The number of benzene rings is 1. The number of carbonyl (C=O) groups is 1. The Hall–Kier alpha value is -2.04. The number of urea groups is 1. The van der Waals surface area contributed by atoms with Gasteiger partial charge in [0.05, 0.1) is 11.0 Å². The fraction of sp³-hybridized carbons (Fsp3) is 0.467. The maximum absolute atomic E-state index is 12.2. The van der Waals surface area contributed by atoms with Crippen molar-refractivity contribution < 1.29 is 4.79 Å². The van der Waals surface area contributed by atoms with Crippen LogP contribution in [0.25, 0.3) is 11.0 Å².